The lowest BCUT2D eigenvalue weighted by molar-refractivity contribution is -0.117. The Kier molecular flexibility index (Phi) is 5.24. The van der Waals surface area contributed by atoms with Crippen molar-refractivity contribution in [3.63, 3.8) is 0 Å². The lowest BCUT2D eigenvalue weighted by Crippen LogP contribution is -2.30. The molecule has 1 heterocycles. The summed E-state index contributed by atoms with van der Waals surface area (Å²) in [7, 11) is 1.82. The molecule has 0 aliphatic rings. The summed E-state index contributed by atoms with van der Waals surface area (Å²) < 4.78 is 0. The number of anilines is 1. The zero-order valence-electron chi connectivity index (χ0n) is 12.4. The van der Waals surface area contributed by atoms with Crippen LogP contribution in [0, 0.1) is 6.92 Å². The van der Waals surface area contributed by atoms with Gasteiger partial charge in [0.05, 0.1) is 24.3 Å². The van der Waals surface area contributed by atoms with Crippen LogP contribution in [0.25, 0.3) is 0 Å². The number of para-hydroxylation sites is 1. The van der Waals surface area contributed by atoms with E-state index >= 15 is 0 Å². The summed E-state index contributed by atoms with van der Waals surface area (Å²) in [6.45, 7) is 2.72. The van der Waals surface area contributed by atoms with Crippen molar-refractivity contribution in [3.8, 4) is 0 Å². The second kappa shape index (κ2) is 7.15. The van der Waals surface area contributed by atoms with Crippen LogP contribution in [0.3, 0.4) is 0 Å². The number of hydrogen-bond donors (Lipinski definition) is 2. The normalized spacial score (nSPS) is 10.7. The van der Waals surface area contributed by atoms with E-state index in [1.165, 1.54) is 6.07 Å². The third-order valence-corrected chi connectivity index (χ3v) is 3.82. The van der Waals surface area contributed by atoms with Crippen LogP contribution in [0.2, 0.25) is 0 Å². The van der Waals surface area contributed by atoms with Crippen molar-refractivity contribution in [2.24, 2.45) is 0 Å². The molecule has 1 aromatic carbocycles. The third kappa shape index (κ3) is 4.37. The van der Waals surface area contributed by atoms with Gasteiger partial charge in [-0.05, 0) is 26.1 Å². The van der Waals surface area contributed by atoms with Crippen molar-refractivity contribution < 1.29 is 14.7 Å². The van der Waals surface area contributed by atoms with Gasteiger partial charge in [0.2, 0.25) is 5.91 Å². The highest BCUT2D eigenvalue weighted by Crippen LogP contribution is 2.15. The van der Waals surface area contributed by atoms with Crippen molar-refractivity contribution in [2.45, 2.75) is 13.5 Å². The topological polar surface area (TPSA) is 82.5 Å². The van der Waals surface area contributed by atoms with Crippen molar-refractivity contribution in [2.75, 3.05) is 18.9 Å². The molecule has 22 heavy (non-hydrogen) atoms. The number of aromatic carboxylic acids is 1. The average Bonchev–Trinajstić information content (AvgIpc) is 2.83. The molecule has 6 nitrogen and oxygen atoms in total. The summed E-state index contributed by atoms with van der Waals surface area (Å²) in [5.74, 6) is -1.33. The monoisotopic (exact) mass is 319 g/mol. The molecule has 0 fully saturated rings. The molecule has 0 radical (unpaired) electrons. The molecule has 0 spiro atoms. The van der Waals surface area contributed by atoms with Gasteiger partial charge in [-0.15, -0.1) is 11.3 Å². The van der Waals surface area contributed by atoms with Gasteiger partial charge in [-0.1, -0.05) is 12.1 Å². The Morgan fingerprint density at radius 3 is 2.73 bits per heavy atom. The number of thiazole rings is 1. The zero-order valence-corrected chi connectivity index (χ0v) is 13.2. The smallest absolute Gasteiger partial charge is 0.337 e. The lowest BCUT2D eigenvalue weighted by atomic mass is 10.2. The second-order valence-electron chi connectivity index (χ2n) is 4.94. The van der Waals surface area contributed by atoms with E-state index < -0.39 is 5.97 Å². The SMILES string of the molecule is Cc1cnc(CN(C)CC(=O)Nc2ccccc2C(=O)O)s1. The molecule has 1 amide bonds. The first-order chi connectivity index (χ1) is 10.5. The van der Waals surface area contributed by atoms with Gasteiger partial charge in [-0.2, -0.15) is 0 Å². The molecule has 0 saturated heterocycles. The molecule has 0 unspecified atom stereocenters. The Balaban J connectivity index is 1.94. The van der Waals surface area contributed by atoms with Gasteiger partial charge in [-0.3, -0.25) is 9.69 Å². The number of rotatable bonds is 6. The molecule has 2 N–H and O–H groups in total. The molecule has 1 aromatic heterocycles. The van der Waals surface area contributed by atoms with Gasteiger partial charge in [0, 0.05) is 11.1 Å². The largest absolute Gasteiger partial charge is 0.478 e. The minimum atomic E-state index is -1.07. The molecule has 0 atom stereocenters. The number of carbonyl (C=O) groups is 2. The number of hydrogen-bond acceptors (Lipinski definition) is 5. The van der Waals surface area contributed by atoms with Crippen LogP contribution in [0.5, 0.6) is 0 Å². The molecule has 116 valence electrons. The van der Waals surface area contributed by atoms with Crippen LogP contribution < -0.4 is 5.32 Å². The second-order valence-corrected chi connectivity index (χ2v) is 6.26. The minimum absolute atomic E-state index is 0.0778. The summed E-state index contributed by atoms with van der Waals surface area (Å²) in [6.07, 6.45) is 1.80. The Morgan fingerprint density at radius 2 is 2.09 bits per heavy atom. The molecule has 0 aliphatic carbocycles. The van der Waals surface area contributed by atoms with E-state index in [1.54, 1.807) is 35.7 Å². The van der Waals surface area contributed by atoms with Crippen LogP contribution in [-0.2, 0) is 11.3 Å². The van der Waals surface area contributed by atoms with Gasteiger partial charge >= 0.3 is 5.97 Å². The maximum Gasteiger partial charge on any atom is 0.337 e. The molecular formula is C15H17N3O3S. The summed E-state index contributed by atoms with van der Waals surface area (Å²) in [5, 5.41) is 12.7. The number of aryl methyl sites for hydroxylation is 1. The first-order valence-corrected chi connectivity index (χ1v) is 7.49. The molecule has 0 bridgehead atoms. The maximum atomic E-state index is 12.0. The number of benzene rings is 1. The Bertz CT molecular complexity index is 684. The quantitative estimate of drug-likeness (QED) is 0.853. The van der Waals surface area contributed by atoms with Gasteiger partial charge in [0.25, 0.3) is 0 Å². The molecule has 2 aromatic rings. The molecule has 0 saturated carbocycles. The predicted octanol–water partition coefficient (Wildman–Crippen LogP) is 2.22. The number of nitrogens with one attached hydrogen (secondary N) is 1. The molecular weight excluding hydrogens is 302 g/mol. The lowest BCUT2D eigenvalue weighted by Gasteiger charge is -2.15. The summed E-state index contributed by atoms with van der Waals surface area (Å²) in [4.78, 5) is 30.3. The number of nitrogens with zero attached hydrogens (tertiary/aromatic N) is 2. The van der Waals surface area contributed by atoms with E-state index in [2.05, 4.69) is 10.3 Å². The fourth-order valence-corrected chi connectivity index (χ4v) is 2.84. The minimum Gasteiger partial charge on any atom is -0.478 e. The highest BCUT2D eigenvalue weighted by molar-refractivity contribution is 7.11. The Hall–Kier alpha value is -2.25. The number of carbonyl (C=O) groups excluding carboxylic acids is 1. The van der Waals surface area contributed by atoms with E-state index in [4.69, 9.17) is 5.11 Å². The summed E-state index contributed by atoms with van der Waals surface area (Å²) in [6, 6.07) is 6.34. The standard InChI is InChI=1S/C15H17N3O3S/c1-10-7-16-14(22-10)9-18(2)8-13(19)17-12-6-4-3-5-11(12)15(20)21/h3-7H,8-9H2,1-2H3,(H,17,19)(H,20,21). The van der Waals surface area contributed by atoms with Gasteiger partial charge in [0.15, 0.2) is 0 Å². The van der Waals surface area contributed by atoms with Crippen molar-refractivity contribution in [1.29, 1.82) is 0 Å². The number of carboxylic acid groups (broad SMARTS) is 1. The van der Waals surface area contributed by atoms with Crippen molar-refractivity contribution >= 4 is 28.9 Å². The Morgan fingerprint density at radius 1 is 1.36 bits per heavy atom. The van der Waals surface area contributed by atoms with E-state index in [9.17, 15) is 9.59 Å². The van der Waals surface area contributed by atoms with Crippen LogP contribution in [0.4, 0.5) is 5.69 Å². The number of aromatic nitrogens is 1. The fourth-order valence-electron chi connectivity index (χ4n) is 1.97. The van der Waals surface area contributed by atoms with Crippen LogP contribution in [0.15, 0.2) is 30.5 Å². The molecule has 7 heteroatoms. The Labute approximate surface area is 132 Å². The first kappa shape index (κ1) is 16.1. The van der Waals surface area contributed by atoms with Crippen molar-refractivity contribution in [3.05, 3.63) is 45.9 Å². The third-order valence-electron chi connectivity index (χ3n) is 2.92. The average molecular weight is 319 g/mol. The first-order valence-electron chi connectivity index (χ1n) is 6.67. The summed E-state index contributed by atoms with van der Waals surface area (Å²) in [5.41, 5.74) is 0.382. The number of carboxylic acids is 1. The molecule has 2 rings (SSSR count). The maximum absolute atomic E-state index is 12.0. The number of likely N-dealkylation sites (N-methyl/N-ethyl adjacent to an activating group) is 1. The zero-order chi connectivity index (χ0) is 16.1. The predicted molar refractivity (Wildman–Crippen MR) is 85.2 cm³/mol. The van der Waals surface area contributed by atoms with Crippen LogP contribution in [0.1, 0.15) is 20.2 Å². The van der Waals surface area contributed by atoms with Gasteiger partial charge in [0.1, 0.15) is 5.01 Å². The number of amides is 1. The van der Waals surface area contributed by atoms with Gasteiger partial charge in [-0.25, -0.2) is 9.78 Å². The highest BCUT2D eigenvalue weighted by atomic mass is 32.1. The van der Waals surface area contributed by atoms with E-state index in [0.717, 1.165) is 9.88 Å². The van der Waals surface area contributed by atoms with E-state index in [-0.39, 0.29) is 18.0 Å². The van der Waals surface area contributed by atoms with Crippen LogP contribution >= 0.6 is 11.3 Å². The van der Waals surface area contributed by atoms with E-state index in [0.29, 0.717) is 12.2 Å². The highest BCUT2D eigenvalue weighted by Gasteiger charge is 2.13. The summed E-state index contributed by atoms with van der Waals surface area (Å²) >= 11 is 1.59. The van der Waals surface area contributed by atoms with Gasteiger partial charge < -0.3 is 10.4 Å². The van der Waals surface area contributed by atoms with Crippen molar-refractivity contribution in [1.82, 2.24) is 9.88 Å². The molecule has 0 aliphatic heterocycles. The van der Waals surface area contributed by atoms with Crippen LogP contribution in [-0.4, -0.2) is 40.5 Å². The van der Waals surface area contributed by atoms with E-state index in [1.807, 2.05) is 18.9 Å². The fraction of sp³-hybridized carbons (Fsp3) is 0.267.